The molecule has 1 aromatic heterocycles. The summed E-state index contributed by atoms with van der Waals surface area (Å²) in [6.07, 6.45) is 4.11. The lowest BCUT2D eigenvalue weighted by Crippen LogP contribution is -2.36. The van der Waals surface area contributed by atoms with Crippen molar-refractivity contribution in [1.29, 1.82) is 0 Å². The van der Waals surface area contributed by atoms with Gasteiger partial charge in [0.15, 0.2) is 0 Å². The molecule has 7 nitrogen and oxygen atoms in total. The minimum Gasteiger partial charge on any atom is -0.390 e. The molecule has 0 aliphatic heterocycles. The summed E-state index contributed by atoms with van der Waals surface area (Å²) in [4.78, 5) is 10.0. The SMILES string of the molecule is CC(C)CCC(C)NCC(O)Cn1cc([N+](=O)[O-])cn1. The molecule has 0 aliphatic rings. The van der Waals surface area contributed by atoms with Crippen LogP contribution in [0.4, 0.5) is 5.69 Å². The van der Waals surface area contributed by atoms with E-state index < -0.39 is 11.0 Å². The van der Waals surface area contributed by atoms with Crippen molar-refractivity contribution in [3.8, 4) is 0 Å². The molecule has 0 radical (unpaired) electrons. The Morgan fingerprint density at radius 3 is 2.70 bits per heavy atom. The second-order valence-electron chi connectivity index (χ2n) is 5.61. The fourth-order valence-electron chi connectivity index (χ4n) is 1.85. The van der Waals surface area contributed by atoms with Crippen molar-refractivity contribution in [3.05, 3.63) is 22.5 Å². The van der Waals surface area contributed by atoms with Gasteiger partial charge in [-0.2, -0.15) is 5.10 Å². The summed E-state index contributed by atoms with van der Waals surface area (Å²) in [6, 6.07) is 0.346. The van der Waals surface area contributed by atoms with Gasteiger partial charge in [0.1, 0.15) is 12.4 Å². The molecule has 2 N–H and O–H groups in total. The van der Waals surface area contributed by atoms with Gasteiger partial charge in [0.25, 0.3) is 0 Å². The van der Waals surface area contributed by atoms with Crippen LogP contribution in [-0.2, 0) is 6.54 Å². The standard InChI is InChI=1S/C13H24N4O3/c1-10(2)4-5-11(3)14-7-13(18)9-16-8-12(6-15-16)17(19)20/h6,8,10-11,13-14,18H,4-5,7,9H2,1-3H3. The van der Waals surface area contributed by atoms with Crippen LogP contribution in [0.2, 0.25) is 0 Å². The predicted molar refractivity (Wildman–Crippen MR) is 76.4 cm³/mol. The number of hydrogen-bond donors (Lipinski definition) is 2. The summed E-state index contributed by atoms with van der Waals surface area (Å²) < 4.78 is 1.39. The van der Waals surface area contributed by atoms with E-state index in [4.69, 9.17) is 0 Å². The summed E-state index contributed by atoms with van der Waals surface area (Å²) in [5, 5.41) is 27.5. The average molecular weight is 284 g/mol. The van der Waals surface area contributed by atoms with Crippen LogP contribution >= 0.6 is 0 Å². The Labute approximate surface area is 119 Å². The first-order valence-electron chi connectivity index (χ1n) is 6.96. The van der Waals surface area contributed by atoms with Crippen LogP contribution < -0.4 is 5.32 Å². The summed E-state index contributed by atoms with van der Waals surface area (Å²) in [7, 11) is 0. The molecule has 0 saturated carbocycles. The Bertz CT molecular complexity index is 420. The van der Waals surface area contributed by atoms with Crippen molar-refractivity contribution < 1.29 is 10.0 Å². The Hall–Kier alpha value is -1.47. The second kappa shape index (κ2) is 7.96. The van der Waals surface area contributed by atoms with E-state index in [9.17, 15) is 15.2 Å². The van der Waals surface area contributed by atoms with Crippen molar-refractivity contribution >= 4 is 5.69 Å². The van der Waals surface area contributed by atoms with Crippen molar-refractivity contribution in [3.63, 3.8) is 0 Å². The van der Waals surface area contributed by atoms with E-state index in [1.807, 2.05) is 0 Å². The fraction of sp³-hybridized carbons (Fsp3) is 0.769. The van der Waals surface area contributed by atoms with E-state index in [-0.39, 0.29) is 12.2 Å². The zero-order valence-electron chi connectivity index (χ0n) is 12.3. The highest BCUT2D eigenvalue weighted by Gasteiger charge is 2.12. The van der Waals surface area contributed by atoms with Gasteiger partial charge in [0, 0.05) is 12.6 Å². The number of hydrogen-bond acceptors (Lipinski definition) is 5. The first-order chi connectivity index (χ1) is 9.38. The summed E-state index contributed by atoms with van der Waals surface area (Å²) in [5.41, 5.74) is -0.0598. The van der Waals surface area contributed by atoms with Gasteiger partial charge in [0.2, 0.25) is 0 Å². The van der Waals surface area contributed by atoms with Gasteiger partial charge >= 0.3 is 5.69 Å². The Morgan fingerprint density at radius 1 is 1.45 bits per heavy atom. The van der Waals surface area contributed by atoms with E-state index in [2.05, 4.69) is 31.2 Å². The third-order valence-corrected chi connectivity index (χ3v) is 3.11. The maximum atomic E-state index is 10.5. The van der Waals surface area contributed by atoms with Crippen LogP contribution in [-0.4, -0.2) is 38.5 Å². The van der Waals surface area contributed by atoms with Crippen molar-refractivity contribution in [1.82, 2.24) is 15.1 Å². The zero-order chi connectivity index (χ0) is 15.1. The zero-order valence-corrected chi connectivity index (χ0v) is 12.3. The number of rotatable bonds is 9. The van der Waals surface area contributed by atoms with E-state index in [0.717, 1.165) is 12.8 Å². The first-order valence-corrected chi connectivity index (χ1v) is 6.96. The number of aliphatic hydroxyl groups excluding tert-OH is 1. The van der Waals surface area contributed by atoms with Crippen LogP contribution in [0, 0.1) is 16.0 Å². The maximum absolute atomic E-state index is 10.5. The quantitative estimate of drug-likeness (QED) is 0.530. The molecule has 0 amide bonds. The van der Waals surface area contributed by atoms with Gasteiger partial charge in [-0.3, -0.25) is 14.8 Å². The number of aliphatic hydroxyl groups is 1. The molecule has 2 unspecified atom stereocenters. The lowest BCUT2D eigenvalue weighted by atomic mass is 10.0. The van der Waals surface area contributed by atoms with Gasteiger partial charge in [-0.05, 0) is 25.7 Å². The normalized spacial score (nSPS) is 14.4. The van der Waals surface area contributed by atoms with Crippen LogP contribution in [0.25, 0.3) is 0 Å². The topological polar surface area (TPSA) is 93.2 Å². The highest BCUT2D eigenvalue weighted by molar-refractivity contribution is 5.20. The molecule has 0 saturated heterocycles. The summed E-state index contributed by atoms with van der Waals surface area (Å²) in [6.45, 7) is 7.16. The molecule has 1 heterocycles. The number of nitrogens with one attached hydrogen (secondary N) is 1. The molecular weight excluding hydrogens is 260 g/mol. The predicted octanol–water partition coefficient (Wildman–Crippen LogP) is 1.57. The molecule has 7 heteroatoms. The monoisotopic (exact) mass is 284 g/mol. The van der Waals surface area contributed by atoms with Gasteiger partial charge in [-0.1, -0.05) is 13.8 Å². The smallest absolute Gasteiger partial charge is 0.306 e. The van der Waals surface area contributed by atoms with Gasteiger partial charge in [0.05, 0.1) is 17.6 Å². The molecular formula is C13H24N4O3. The van der Waals surface area contributed by atoms with Crippen LogP contribution in [0.3, 0.4) is 0 Å². The van der Waals surface area contributed by atoms with E-state index in [0.29, 0.717) is 18.5 Å². The Balaban J connectivity index is 2.28. The lowest BCUT2D eigenvalue weighted by Gasteiger charge is -2.17. The minimum absolute atomic E-state index is 0.0598. The van der Waals surface area contributed by atoms with Crippen LogP contribution in [0.5, 0.6) is 0 Å². The molecule has 0 aromatic carbocycles. The summed E-state index contributed by atoms with van der Waals surface area (Å²) >= 11 is 0. The van der Waals surface area contributed by atoms with Crippen LogP contribution in [0.15, 0.2) is 12.4 Å². The van der Waals surface area contributed by atoms with Gasteiger partial charge in [-0.15, -0.1) is 0 Å². The van der Waals surface area contributed by atoms with E-state index >= 15 is 0 Å². The summed E-state index contributed by atoms with van der Waals surface area (Å²) in [5.74, 6) is 0.675. The van der Waals surface area contributed by atoms with E-state index in [1.165, 1.54) is 17.1 Å². The van der Waals surface area contributed by atoms with Crippen molar-refractivity contribution in [2.24, 2.45) is 5.92 Å². The van der Waals surface area contributed by atoms with Gasteiger partial charge in [-0.25, -0.2) is 0 Å². The number of nitrogens with zero attached hydrogens (tertiary/aromatic N) is 3. The highest BCUT2D eigenvalue weighted by Crippen LogP contribution is 2.08. The molecule has 0 fully saturated rings. The van der Waals surface area contributed by atoms with Crippen molar-refractivity contribution in [2.45, 2.75) is 52.3 Å². The Kier molecular flexibility index (Phi) is 6.60. The highest BCUT2D eigenvalue weighted by atomic mass is 16.6. The minimum atomic E-state index is -0.615. The van der Waals surface area contributed by atoms with Crippen molar-refractivity contribution in [2.75, 3.05) is 6.54 Å². The molecule has 0 bridgehead atoms. The number of nitro groups is 1. The molecule has 2 atom stereocenters. The van der Waals surface area contributed by atoms with E-state index in [1.54, 1.807) is 0 Å². The second-order valence-corrected chi connectivity index (χ2v) is 5.61. The maximum Gasteiger partial charge on any atom is 0.306 e. The number of aromatic nitrogens is 2. The van der Waals surface area contributed by atoms with Crippen LogP contribution in [0.1, 0.15) is 33.6 Å². The Morgan fingerprint density at radius 2 is 2.15 bits per heavy atom. The lowest BCUT2D eigenvalue weighted by molar-refractivity contribution is -0.385. The fourth-order valence-corrected chi connectivity index (χ4v) is 1.85. The molecule has 0 aliphatic carbocycles. The molecule has 1 rings (SSSR count). The molecule has 114 valence electrons. The average Bonchev–Trinajstić information content (AvgIpc) is 2.82. The van der Waals surface area contributed by atoms with Gasteiger partial charge < -0.3 is 10.4 Å². The molecule has 20 heavy (non-hydrogen) atoms. The third-order valence-electron chi connectivity index (χ3n) is 3.11. The first kappa shape index (κ1) is 16.6. The largest absolute Gasteiger partial charge is 0.390 e. The molecule has 1 aromatic rings. The third kappa shape index (κ3) is 6.12. The molecule has 0 spiro atoms.